The van der Waals surface area contributed by atoms with E-state index in [-0.39, 0.29) is 24.8 Å². The lowest BCUT2D eigenvalue weighted by Gasteiger charge is -2.36. The van der Waals surface area contributed by atoms with Crippen molar-refractivity contribution in [3.8, 4) is 11.4 Å². The zero-order valence-corrected chi connectivity index (χ0v) is 20.4. The number of nitrogens with zero attached hydrogens (tertiary/aromatic N) is 3. The van der Waals surface area contributed by atoms with Crippen molar-refractivity contribution in [2.45, 2.75) is 78.2 Å². The van der Waals surface area contributed by atoms with Crippen LogP contribution in [0.15, 0.2) is 35.0 Å². The van der Waals surface area contributed by atoms with Gasteiger partial charge in [0, 0.05) is 66.6 Å². The molecule has 0 atom stereocenters. The minimum atomic E-state index is -2.59. The van der Waals surface area contributed by atoms with E-state index in [1.807, 2.05) is 40.7 Å². The van der Waals surface area contributed by atoms with Gasteiger partial charge in [0.2, 0.25) is 11.7 Å². The highest BCUT2D eigenvalue weighted by atomic mass is 19.3. The van der Waals surface area contributed by atoms with Gasteiger partial charge in [-0.15, -0.1) is 0 Å². The van der Waals surface area contributed by atoms with Crippen LogP contribution in [-0.4, -0.2) is 46.3 Å². The first kappa shape index (κ1) is 26.5. The van der Waals surface area contributed by atoms with E-state index in [1.165, 1.54) is 6.21 Å². The van der Waals surface area contributed by atoms with Crippen molar-refractivity contribution in [2.75, 3.05) is 18.4 Å². The second-order valence-electron chi connectivity index (χ2n) is 8.00. The highest BCUT2D eigenvalue weighted by Gasteiger charge is 2.45. The van der Waals surface area contributed by atoms with Gasteiger partial charge >= 0.3 is 0 Å². The summed E-state index contributed by atoms with van der Waals surface area (Å²) in [6.45, 7) is 15.9. The van der Waals surface area contributed by atoms with E-state index in [0.717, 1.165) is 37.2 Å². The number of aromatic nitrogens is 2. The van der Waals surface area contributed by atoms with Crippen LogP contribution >= 0.6 is 0 Å². The second kappa shape index (κ2) is 11.9. The lowest BCUT2D eigenvalue weighted by atomic mass is 9.88. The van der Waals surface area contributed by atoms with E-state index in [9.17, 15) is 8.78 Å². The van der Waals surface area contributed by atoms with Crippen molar-refractivity contribution < 1.29 is 13.3 Å². The number of halogens is 2. The Morgan fingerprint density at radius 3 is 2.39 bits per heavy atom. The summed E-state index contributed by atoms with van der Waals surface area (Å²) < 4.78 is 31.8. The molecule has 1 aromatic heterocycles. The number of piperidine rings is 1. The van der Waals surface area contributed by atoms with Crippen LogP contribution in [-0.2, 0) is 0 Å². The van der Waals surface area contributed by atoms with Crippen LogP contribution in [0.3, 0.4) is 0 Å². The van der Waals surface area contributed by atoms with Gasteiger partial charge in [-0.05, 0) is 25.8 Å². The predicted octanol–water partition coefficient (Wildman–Crippen LogP) is 6.71. The summed E-state index contributed by atoms with van der Waals surface area (Å²) in [5.41, 5.74) is 3.09. The number of anilines is 1. The smallest absolute Gasteiger partial charge is 0.252 e. The number of likely N-dealkylation sites (tertiary alicyclic amines) is 1. The Morgan fingerprint density at radius 1 is 1.21 bits per heavy atom. The zero-order valence-electron chi connectivity index (χ0n) is 20.4. The first-order chi connectivity index (χ1) is 15.8. The molecule has 4 rings (SSSR count). The lowest BCUT2D eigenvalue weighted by Crippen LogP contribution is -2.44. The van der Waals surface area contributed by atoms with Crippen LogP contribution in [0.4, 0.5) is 14.5 Å². The van der Waals surface area contributed by atoms with Crippen molar-refractivity contribution >= 4 is 11.9 Å². The monoisotopic (exact) mass is 461 g/mol. The Kier molecular flexibility index (Phi) is 9.56. The van der Waals surface area contributed by atoms with E-state index < -0.39 is 5.92 Å². The van der Waals surface area contributed by atoms with Crippen LogP contribution in [0, 0.1) is 5.41 Å². The molecule has 6 nitrogen and oxygen atoms in total. The highest BCUT2D eigenvalue weighted by molar-refractivity contribution is 5.87. The molecule has 1 saturated heterocycles. The molecular weight excluding hydrogens is 424 g/mol. The lowest BCUT2D eigenvalue weighted by molar-refractivity contribution is -0.0793. The van der Waals surface area contributed by atoms with Crippen LogP contribution < -0.4 is 5.32 Å². The number of rotatable bonds is 6. The third-order valence-electron chi connectivity index (χ3n) is 5.74. The molecule has 2 aliphatic rings. The number of benzene rings is 1. The standard InChI is InChI=1S/C21H25F2N5O.2C2H6/c1-13(2)28-7-5-14(6-8-28)20-26-19(27-29-20)15-3-4-16(12-24)18(9-15)25-17-10-21(22,23)11-17;2*1-2/h3-4,9,12,14,17,24-25H,1,5-8,10-11H2,2H3;2*1-2H3. The summed E-state index contributed by atoms with van der Waals surface area (Å²) in [6, 6.07) is 5.09. The summed E-state index contributed by atoms with van der Waals surface area (Å²) in [5.74, 6) is -1.27. The van der Waals surface area contributed by atoms with Gasteiger partial charge in [0.05, 0.1) is 0 Å². The Hall–Kier alpha value is -2.77. The van der Waals surface area contributed by atoms with Crippen molar-refractivity contribution in [3.63, 3.8) is 0 Å². The molecule has 2 aromatic rings. The molecule has 2 N–H and O–H groups in total. The fraction of sp³-hybridized carbons (Fsp3) is 0.560. The average Bonchev–Trinajstić information content (AvgIpc) is 3.31. The van der Waals surface area contributed by atoms with Gasteiger partial charge in [0.1, 0.15) is 0 Å². The van der Waals surface area contributed by atoms with Gasteiger partial charge in [0.15, 0.2) is 0 Å². The minimum absolute atomic E-state index is 0.191. The summed E-state index contributed by atoms with van der Waals surface area (Å²) in [5, 5.41) is 14.8. The minimum Gasteiger partial charge on any atom is -0.381 e. The van der Waals surface area contributed by atoms with E-state index in [0.29, 0.717) is 23.0 Å². The Bertz CT molecular complexity index is 911. The topological polar surface area (TPSA) is 78.0 Å². The third kappa shape index (κ3) is 6.62. The maximum Gasteiger partial charge on any atom is 0.252 e. The number of hydrogen-bond acceptors (Lipinski definition) is 6. The molecule has 182 valence electrons. The van der Waals surface area contributed by atoms with E-state index >= 15 is 0 Å². The molecule has 0 radical (unpaired) electrons. The van der Waals surface area contributed by atoms with Gasteiger partial charge in [-0.2, -0.15) is 4.98 Å². The van der Waals surface area contributed by atoms with Crippen LogP contribution in [0.2, 0.25) is 0 Å². The molecule has 0 bridgehead atoms. The largest absolute Gasteiger partial charge is 0.381 e. The molecule has 1 aliphatic carbocycles. The number of allylic oxidation sites excluding steroid dienone is 1. The van der Waals surface area contributed by atoms with Gasteiger partial charge in [-0.1, -0.05) is 51.6 Å². The third-order valence-corrected chi connectivity index (χ3v) is 5.74. The summed E-state index contributed by atoms with van der Waals surface area (Å²) in [4.78, 5) is 6.84. The van der Waals surface area contributed by atoms with Gasteiger partial charge < -0.3 is 20.1 Å². The van der Waals surface area contributed by atoms with Crippen molar-refractivity contribution in [1.29, 1.82) is 5.41 Å². The molecule has 0 amide bonds. The molecule has 1 aromatic carbocycles. The molecule has 1 saturated carbocycles. The fourth-order valence-corrected chi connectivity index (χ4v) is 3.96. The van der Waals surface area contributed by atoms with E-state index in [1.54, 1.807) is 12.1 Å². The first-order valence-corrected chi connectivity index (χ1v) is 11.9. The molecule has 33 heavy (non-hydrogen) atoms. The van der Waals surface area contributed by atoms with Crippen molar-refractivity contribution in [1.82, 2.24) is 15.0 Å². The Morgan fingerprint density at radius 2 is 1.85 bits per heavy atom. The SMILES string of the molecule is C=C(C)N1CCC(c2nc(-c3ccc(C=N)c(NC4CC(F)(F)C4)c3)no2)CC1.CC.CC. The maximum atomic E-state index is 13.1. The van der Waals surface area contributed by atoms with Crippen molar-refractivity contribution in [2.24, 2.45) is 0 Å². The molecule has 2 heterocycles. The van der Waals surface area contributed by atoms with Gasteiger partial charge in [-0.3, -0.25) is 0 Å². The predicted molar refractivity (Wildman–Crippen MR) is 130 cm³/mol. The molecule has 2 fully saturated rings. The summed E-state index contributed by atoms with van der Waals surface area (Å²) >= 11 is 0. The zero-order chi connectivity index (χ0) is 24.6. The van der Waals surface area contributed by atoms with Crippen LogP contribution in [0.25, 0.3) is 11.4 Å². The normalized spacial score (nSPS) is 17.6. The quantitative estimate of drug-likeness (QED) is 0.468. The van der Waals surface area contributed by atoms with Crippen molar-refractivity contribution in [3.05, 3.63) is 41.9 Å². The fourth-order valence-electron chi connectivity index (χ4n) is 3.96. The van der Waals surface area contributed by atoms with E-state index in [2.05, 4.69) is 26.9 Å². The molecule has 0 unspecified atom stereocenters. The number of nitrogens with one attached hydrogen (secondary N) is 2. The molecule has 1 aliphatic heterocycles. The van der Waals surface area contributed by atoms with Crippen LogP contribution in [0.5, 0.6) is 0 Å². The maximum absolute atomic E-state index is 13.1. The molecular formula is C25H37F2N5O. The summed E-state index contributed by atoms with van der Waals surface area (Å²) in [7, 11) is 0. The van der Waals surface area contributed by atoms with E-state index in [4.69, 9.17) is 9.93 Å². The molecule has 0 spiro atoms. The summed E-state index contributed by atoms with van der Waals surface area (Å²) in [6.07, 6.45) is 2.70. The average molecular weight is 462 g/mol. The van der Waals surface area contributed by atoms with Gasteiger partial charge in [-0.25, -0.2) is 8.78 Å². The second-order valence-corrected chi connectivity index (χ2v) is 8.00. The molecule has 8 heteroatoms. The number of alkyl halides is 2. The Labute approximate surface area is 196 Å². The van der Waals surface area contributed by atoms with Crippen LogP contribution in [0.1, 0.15) is 77.7 Å². The number of hydrogen-bond donors (Lipinski definition) is 2. The highest BCUT2D eigenvalue weighted by Crippen LogP contribution is 2.40. The Balaban J connectivity index is 0.000000914. The van der Waals surface area contributed by atoms with Gasteiger partial charge in [0.25, 0.3) is 5.92 Å². The first-order valence-electron chi connectivity index (χ1n) is 11.9.